The van der Waals surface area contributed by atoms with E-state index in [0.717, 1.165) is 0 Å². The average Bonchev–Trinajstić information content (AvgIpc) is 2.95. The lowest BCUT2D eigenvalue weighted by molar-refractivity contribution is -0.140. The summed E-state index contributed by atoms with van der Waals surface area (Å²) in [6, 6.07) is 1.11. The lowest BCUT2D eigenvalue weighted by Gasteiger charge is -2.26. The molecule has 0 heterocycles. The first-order valence-electron chi connectivity index (χ1n) is 14.3. The predicted molar refractivity (Wildman–Crippen MR) is 156 cm³/mol. The SMILES string of the molecule is CCNC(Cc1ccc(O)cc1)C(=O)NC(CCC(=O)O)C(=O)NC(CCC(=O)O)C(=O)NC(CCC(=O)O)C(=O)C(C)C. The van der Waals surface area contributed by atoms with E-state index in [1.807, 2.05) is 0 Å². The average molecular weight is 623 g/mol. The molecule has 0 saturated carbocycles. The number of amides is 3. The minimum Gasteiger partial charge on any atom is -0.508 e. The highest BCUT2D eigenvalue weighted by Gasteiger charge is 2.32. The smallest absolute Gasteiger partial charge is 0.303 e. The molecule has 0 saturated heterocycles. The fraction of sp³-hybridized carbons (Fsp3) is 0.552. The Morgan fingerprint density at radius 1 is 0.636 bits per heavy atom. The van der Waals surface area contributed by atoms with Gasteiger partial charge in [0, 0.05) is 25.2 Å². The number of Topliss-reactive ketones (excluding diaryl/α,β-unsaturated/α-hetero) is 1. The maximum atomic E-state index is 13.3. The Kier molecular flexibility index (Phi) is 16.1. The second kappa shape index (κ2) is 18.9. The number of aromatic hydroxyl groups is 1. The number of hydrogen-bond acceptors (Lipinski definition) is 9. The lowest BCUT2D eigenvalue weighted by Crippen LogP contribution is -2.58. The molecule has 1 aromatic rings. The molecule has 0 radical (unpaired) electrons. The third kappa shape index (κ3) is 14.1. The molecule has 0 aliphatic heterocycles. The summed E-state index contributed by atoms with van der Waals surface area (Å²) in [5.41, 5.74) is 0.689. The topological polar surface area (TPSA) is 249 Å². The maximum Gasteiger partial charge on any atom is 0.303 e. The number of carboxylic acids is 3. The third-order valence-corrected chi connectivity index (χ3v) is 6.58. The van der Waals surface area contributed by atoms with Crippen molar-refractivity contribution in [1.82, 2.24) is 21.3 Å². The van der Waals surface area contributed by atoms with Crippen LogP contribution in [0.15, 0.2) is 24.3 Å². The van der Waals surface area contributed by atoms with Crippen LogP contribution in [-0.4, -0.2) is 92.6 Å². The first-order chi connectivity index (χ1) is 20.6. The largest absolute Gasteiger partial charge is 0.508 e. The van der Waals surface area contributed by atoms with Gasteiger partial charge in [-0.2, -0.15) is 0 Å². The molecule has 0 aliphatic rings. The molecule has 1 aromatic carbocycles. The molecule has 0 aromatic heterocycles. The molecule has 4 atom stereocenters. The van der Waals surface area contributed by atoms with Gasteiger partial charge in [-0.25, -0.2) is 0 Å². The second-order valence-electron chi connectivity index (χ2n) is 10.5. The monoisotopic (exact) mass is 622 g/mol. The lowest BCUT2D eigenvalue weighted by atomic mass is 9.97. The van der Waals surface area contributed by atoms with Crippen LogP contribution in [0.3, 0.4) is 0 Å². The molecule has 0 spiro atoms. The highest BCUT2D eigenvalue weighted by Crippen LogP contribution is 2.13. The van der Waals surface area contributed by atoms with Gasteiger partial charge in [0.15, 0.2) is 5.78 Å². The van der Waals surface area contributed by atoms with E-state index < -0.39 is 97.2 Å². The van der Waals surface area contributed by atoms with Crippen molar-refractivity contribution >= 4 is 41.4 Å². The molecule has 8 N–H and O–H groups in total. The van der Waals surface area contributed by atoms with Crippen molar-refractivity contribution < 1.29 is 54.0 Å². The van der Waals surface area contributed by atoms with Crippen LogP contribution in [-0.2, 0) is 40.0 Å². The van der Waals surface area contributed by atoms with Crippen LogP contribution in [0.2, 0.25) is 0 Å². The van der Waals surface area contributed by atoms with Crippen LogP contribution >= 0.6 is 0 Å². The number of likely N-dealkylation sites (N-methyl/N-ethyl adjacent to an activating group) is 1. The van der Waals surface area contributed by atoms with Gasteiger partial charge in [-0.1, -0.05) is 32.9 Å². The van der Waals surface area contributed by atoms with Gasteiger partial charge in [-0.3, -0.25) is 33.6 Å². The molecule has 15 nitrogen and oxygen atoms in total. The fourth-order valence-corrected chi connectivity index (χ4v) is 4.22. The number of aliphatic carboxylic acids is 3. The van der Waals surface area contributed by atoms with E-state index in [0.29, 0.717) is 12.1 Å². The van der Waals surface area contributed by atoms with Crippen molar-refractivity contribution in [2.24, 2.45) is 5.92 Å². The Morgan fingerprint density at radius 3 is 1.41 bits per heavy atom. The van der Waals surface area contributed by atoms with Crippen LogP contribution in [0, 0.1) is 5.92 Å². The number of hydrogen-bond donors (Lipinski definition) is 8. The second-order valence-corrected chi connectivity index (χ2v) is 10.5. The van der Waals surface area contributed by atoms with Crippen molar-refractivity contribution in [1.29, 1.82) is 0 Å². The first-order valence-corrected chi connectivity index (χ1v) is 14.3. The zero-order valence-electron chi connectivity index (χ0n) is 25.0. The van der Waals surface area contributed by atoms with Gasteiger partial charge in [-0.15, -0.1) is 0 Å². The van der Waals surface area contributed by atoms with Gasteiger partial charge in [0.25, 0.3) is 0 Å². The third-order valence-electron chi connectivity index (χ3n) is 6.58. The zero-order valence-corrected chi connectivity index (χ0v) is 25.0. The van der Waals surface area contributed by atoms with E-state index in [9.17, 15) is 48.9 Å². The quantitative estimate of drug-likeness (QED) is 0.0915. The summed E-state index contributed by atoms with van der Waals surface area (Å²) in [6.07, 6.45) is -2.34. The number of carbonyl (C=O) groups excluding carboxylic acids is 4. The Labute approximate surface area is 254 Å². The van der Waals surface area contributed by atoms with E-state index in [1.165, 1.54) is 12.1 Å². The summed E-state index contributed by atoms with van der Waals surface area (Å²) in [4.78, 5) is 86.0. The molecule has 15 heteroatoms. The molecule has 3 amide bonds. The number of ketones is 1. The summed E-state index contributed by atoms with van der Waals surface area (Å²) in [6.45, 7) is 5.25. The van der Waals surface area contributed by atoms with Gasteiger partial charge in [0.05, 0.1) is 12.1 Å². The van der Waals surface area contributed by atoms with Gasteiger partial charge in [-0.05, 0) is 49.9 Å². The number of nitrogens with one attached hydrogen (secondary N) is 4. The van der Waals surface area contributed by atoms with Gasteiger partial charge in [0.2, 0.25) is 17.7 Å². The Balaban J connectivity index is 3.20. The molecule has 1 rings (SSSR count). The van der Waals surface area contributed by atoms with Crippen molar-refractivity contribution in [3.63, 3.8) is 0 Å². The van der Waals surface area contributed by atoms with Gasteiger partial charge in [0.1, 0.15) is 17.8 Å². The summed E-state index contributed by atoms with van der Waals surface area (Å²) >= 11 is 0. The van der Waals surface area contributed by atoms with Gasteiger partial charge < -0.3 is 41.7 Å². The zero-order chi connectivity index (χ0) is 33.4. The van der Waals surface area contributed by atoms with E-state index in [-0.39, 0.29) is 25.0 Å². The molecule has 0 bridgehead atoms. The summed E-state index contributed by atoms with van der Waals surface area (Å²) in [7, 11) is 0. The number of carbonyl (C=O) groups is 7. The number of carboxylic acid groups (broad SMARTS) is 3. The molecular weight excluding hydrogens is 580 g/mol. The summed E-state index contributed by atoms with van der Waals surface area (Å²) in [5, 5.41) is 47.2. The van der Waals surface area contributed by atoms with Crippen LogP contribution in [0.1, 0.15) is 64.9 Å². The highest BCUT2D eigenvalue weighted by molar-refractivity contribution is 5.96. The summed E-state index contributed by atoms with van der Waals surface area (Å²) in [5.74, 6) is -7.27. The molecule has 244 valence electrons. The molecule has 44 heavy (non-hydrogen) atoms. The van der Waals surface area contributed by atoms with Crippen LogP contribution < -0.4 is 21.3 Å². The minimum absolute atomic E-state index is 0.0341. The van der Waals surface area contributed by atoms with Crippen molar-refractivity contribution in [2.75, 3.05) is 6.54 Å². The summed E-state index contributed by atoms with van der Waals surface area (Å²) < 4.78 is 0. The fourth-order valence-electron chi connectivity index (χ4n) is 4.22. The maximum absolute atomic E-state index is 13.3. The molecule has 0 aliphatic carbocycles. The number of phenols is 1. The molecule has 0 fully saturated rings. The van der Waals surface area contributed by atoms with E-state index in [2.05, 4.69) is 21.3 Å². The van der Waals surface area contributed by atoms with E-state index in [1.54, 1.807) is 32.9 Å². The van der Waals surface area contributed by atoms with Crippen LogP contribution in [0.25, 0.3) is 0 Å². The first kappa shape index (κ1) is 37.5. The number of phenolic OH excluding ortho intramolecular Hbond substituents is 1. The number of rotatable bonds is 21. The minimum atomic E-state index is -1.50. The molecule has 4 unspecified atom stereocenters. The van der Waals surface area contributed by atoms with Crippen molar-refractivity contribution in [3.8, 4) is 5.75 Å². The number of benzene rings is 1. The Hall–Kier alpha value is -4.53. The van der Waals surface area contributed by atoms with Gasteiger partial charge >= 0.3 is 17.9 Å². The predicted octanol–water partition coefficient (Wildman–Crippen LogP) is 0.187. The standard InChI is InChI=1S/C29H42N4O11/c1-4-30-22(15-17-5-7-18(34)8-6-17)29(44)33-21(11-14-25(39)40)28(43)32-20(10-13-24(37)38)27(42)31-19(9-12-23(35)36)26(41)16(2)3/h5-8,16,19-22,30,34H,4,9-15H2,1-3H3,(H,31,42)(H,32,43)(H,33,44)(H,35,36)(H,37,38)(H,39,40). The van der Waals surface area contributed by atoms with Crippen LogP contribution in [0.5, 0.6) is 5.75 Å². The van der Waals surface area contributed by atoms with E-state index >= 15 is 0 Å². The van der Waals surface area contributed by atoms with Crippen LogP contribution in [0.4, 0.5) is 0 Å². The van der Waals surface area contributed by atoms with Crippen molar-refractivity contribution in [3.05, 3.63) is 29.8 Å². The Bertz CT molecular complexity index is 1170. The highest BCUT2D eigenvalue weighted by atomic mass is 16.4. The van der Waals surface area contributed by atoms with E-state index in [4.69, 9.17) is 5.11 Å². The van der Waals surface area contributed by atoms with Crippen molar-refractivity contribution in [2.45, 2.75) is 89.9 Å². The molecular formula is C29H42N4O11. The Morgan fingerprint density at radius 2 is 1.02 bits per heavy atom. The normalized spacial score (nSPS) is 13.6.